The van der Waals surface area contributed by atoms with E-state index in [1.54, 1.807) is 52.4 Å². The summed E-state index contributed by atoms with van der Waals surface area (Å²) in [5.41, 5.74) is 2.85. The average molecular weight is 478 g/mol. The van der Waals surface area contributed by atoms with Gasteiger partial charge in [0.2, 0.25) is 0 Å². The molecule has 0 radical (unpaired) electrons. The van der Waals surface area contributed by atoms with Crippen molar-refractivity contribution in [2.24, 2.45) is 12.0 Å². The molecule has 34 heavy (non-hydrogen) atoms. The Morgan fingerprint density at radius 1 is 0.971 bits per heavy atom. The molecule has 0 unspecified atom stereocenters. The molecule has 1 aliphatic heterocycles. The van der Waals surface area contributed by atoms with Gasteiger partial charge in [-0.2, -0.15) is 0 Å². The minimum atomic E-state index is -0.286. The summed E-state index contributed by atoms with van der Waals surface area (Å²) in [7, 11) is 3.53. The standard InChI is InChI=1S/C25H27N5O3S/c1-5-34-16(2)27-22-21(26-3)25(33)30(28(22)4)15-18-10-8-9-17(13-18)14-29-23(31)19-11-6-7-12-20(19)24(29)32/h6-13,26H,5,14-15H2,1-4H3/b27-16-. The van der Waals surface area contributed by atoms with Crippen LogP contribution in [0.4, 0.5) is 11.5 Å². The molecule has 4 rings (SSSR count). The lowest BCUT2D eigenvalue weighted by molar-refractivity contribution is 0.0642. The van der Waals surface area contributed by atoms with Gasteiger partial charge in [-0.3, -0.25) is 24.0 Å². The van der Waals surface area contributed by atoms with Crippen LogP contribution in [0.1, 0.15) is 45.7 Å². The van der Waals surface area contributed by atoms with Crippen LogP contribution in [-0.2, 0) is 20.1 Å². The largest absolute Gasteiger partial charge is 0.381 e. The van der Waals surface area contributed by atoms with Crippen LogP contribution < -0.4 is 10.9 Å². The number of nitrogens with one attached hydrogen (secondary N) is 1. The molecule has 176 valence electrons. The lowest BCUT2D eigenvalue weighted by Crippen LogP contribution is -2.29. The first kappa shape index (κ1) is 23.6. The van der Waals surface area contributed by atoms with Crippen molar-refractivity contribution in [3.63, 3.8) is 0 Å². The van der Waals surface area contributed by atoms with Gasteiger partial charge in [0.1, 0.15) is 5.69 Å². The lowest BCUT2D eigenvalue weighted by atomic mass is 10.1. The van der Waals surface area contributed by atoms with Crippen molar-refractivity contribution in [2.45, 2.75) is 26.9 Å². The second-order valence-corrected chi connectivity index (χ2v) is 9.42. The van der Waals surface area contributed by atoms with E-state index < -0.39 is 0 Å². The number of hydrogen-bond acceptors (Lipinski definition) is 6. The number of carbonyl (C=O) groups excluding carboxylic acids is 2. The molecule has 1 aliphatic rings. The Bertz CT molecular complexity index is 1320. The topological polar surface area (TPSA) is 88.7 Å². The van der Waals surface area contributed by atoms with Crippen LogP contribution in [0.25, 0.3) is 0 Å². The van der Waals surface area contributed by atoms with Gasteiger partial charge in [-0.05, 0) is 35.9 Å². The highest BCUT2D eigenvalue weighted by molar-refractivity contribution is 8.13. The summed E-state index contributed by atoms with van der Waals surface area (Å²) < 4.78 is 3.38. The fourth-order valence-corrected chi connectivity index (χ4v) is 4.69. The average Bonchev–Trinajstić information content (AvgIpc) is 3.19. The number of imide groups is 1. The first-order valence-corrected chi connectivity index (χ1v) is 12.0. The molecule has 0 saturated carbocycles. The van der Waals surface area contributed by atoms with Crippen molar-refractivity contribution in [2.75, 3.05) is 18.1 Å². The quantitative estimate of drug-likeness (QED) is 0.317. The van der Waals surface area contributed by atoms with E-state index in [0.29, 0.717) is 29.2 Å². The summed E-state index contributed by atoms with van der Waals surface area (Å²) in [5.74, 6) is 0.907. The molecule has 9 heteroatoms. The van der Waals surface area contributed by atoms with E-state index in [1.807, 2.05) is 38.2 Å². The van der Waals surface area contributed by atoms with Gasteiger partial charge in [-0.1, -0.05) is 43.3 Å². The summed E-state index contributed by atoms with van der Waals surface area (Å²) in [6.45, 7) is 4.49. The zero-order valence-electron chi connectivity index (χ0n) is 19.7. The van der Waals surface area contributed by atoms with Gasteiger partial charge in [0.25, 0.3) is 17.4 Å². The Morgan fingerprint density at radius 3 is 2.18 bits per heavy atom. The van der Waals surface area contributed by atoms with E-state index in [0.717, 1.165) is 21.9 Å². The number of thioether (sulfide) groups is 1. The number of nitrogens with zero attached hydrogens (tertiary/aromatic N) is 4. The van der Waals surface area contributed by atoms with Gasteiger partial charge in [0, 0.05) is 14.1 Å². The summed E-state index contributed by atoms with van der Waals surface area (Å²) in [6.07, 6.45) is 0. The fraction of sp³-hybridized carbons (Fsp3) is 0.280. The molecule has 0 aliphatic carbocycles. The van der Waals surface area contributed by atoms with Crippen LogP contribution >= 0.6 is 11.8 Å². The second kappa shape index (κ2) is 9.72. The van der Waals surface area contributed by atoms with Gasteiger partial charge >= 0.3 is 0 Å². The van der Waals surface area contributed by atoms with Crippen molar-refractivity contribution < 1.29 is 9.59 Å². The van der Waals surface area contributed by atoms with Gasteiger partial charge < -0.3 is 5.32 Å². The number of aliphatic imine (C=N–C) groups is 1. The van der Waals surface area contributed by atoms with Crippen molar-refractivity contribution in [1.82, 2.24) is 14.3 Å². The third-order valence-electron chi connectivity index (χ3n) is 5.75. The van der Waals surface area contributed by atoms with Crippen molar-refractivity contribution in [1.29, 1.82) is 0 Å². The van der Waals surface area contributed by atoms with Crippen LogP contribution in [0.5, 0.6) is 0 Å². The lowest BCUT2D eigenvalue weighted by Gasteiger charge is -2.15. The zero-order valence-corrected chi connectivity index (χ0v) is 20.5. The first-order chi connectivity index (χ1) is 16.3. The molecule has 2 amide bonds. The van der Waals surface area contributed by atoms with Crippen LogP contribution in [-0.4, -0.2) is 43.9 Å². The summed E-state index contributed by atoms with van der Waals surface area (Å²) in [4.78, 5) is 44.4. The maximum absolute atomic E-state index is 13.1. The summed E-state index contributed by atoms with van der Waals surface area (Å²) >= 11 is 1.62. The molecule has 1 N–H and O–H groups in total. The normalized spacial score (nSPS) is 13.5. The zero-order chi connectivity index (χ0) is 24.4. The van der Waals surface area contributed by atoms with Gasteiger partial charge in [-0.25, -0.2) is 9.67 Å². The molecule has 2 heterocycles. The first-order valence-electron chi connectivity index (χ1n) is 11.0. The minimum Gasteiger partial charge on any atom is -0.381 e. The summed E-state index contributed by atoms with van der Waals surface area (Å²) in [5, 5.41) is 3.87. The Balaban J connectivity index is 1.60. The second-order valence-electron chi connectivity index (χ2n) is 7.96. The predicted octanol–water partition coefficient (Wildman–Crippen LogP) is 3.88. The molecule has 0 spiro atoms. The molecule has 0 bridgehead atoms. The van der Waals surface area contributed by atoms with Crippen molar-refractivity contribution in [3.8, 4) is 0 Å². The molecule has 8 nitrogen and oxygen atoms in total. The van der Waals surface area contributed by atoms with Gasteiger partial charge in [-0.15, -0.1) is 11.8 Å². The molecular formula is C25H27N5O3S. The molecule has 3 aromatic rings. The van der Waals surface area contributed by atoms with E-state index in [4.69, 9.17) is 0 Å². The van der Waals surface area contributed by atoms with Gasteiger partial charge in [0.05, 0.1) is 29.3 Å². The molecule has 0 fully saturated rings. The number of anilines is 1. The number of fused-ring (bicyclic) bond motifs is 1. The molecular weight excluding hydrogens is 450 g/mol. The molecule has 1 aromatic heterocycles. The van der Waals surface area contributed by atoms with E-state index in [9.17, 15) is 14.4 Å². The Hall–Kier alpha value is -3.59. The van der Waals surface area contributed by atoms with E-state index in [1.165, 1.54) is 4.90 Å². The Labute approximate surface area is 202 Å². The van der Waals surface area contributed by atoms with Crippen LogP contribution in [0, 0.1) is 0 Å². The Morgan fingerprint density at radius 2 is 1.59 bits per heavy atom. The number of amides is 2. The third-order valence-corrected chi connectivity index (χ3v) is 6.55. The number of aromatic nitrogens is 2. The molecule has 0 saturated heterocycles. The highest BCUT2D eigenvalue weighted by atomic mass is 32.2. The highest BCUT2D eigenvalue weighted by Gasteiger charge is 2.34. The van der Waals surface area contributed by atoms with Crippen molar-refractivity contribution >= 4 is 40.1 Å². The SMILES string of the molecule is CCS/C(C)=N\c1c(NC)c(=O)n(Cc2cccc(CN3C(=O)c4ccccc4C3=O)c2)n1C. The van der Waals surface area contributed by atoms with Gasteiger partial charge in [0.15, 0.2) is 5.82 Å². The van der Waals surface area contributed by atoms with E-state index in [2.05, 4.69) is 17.2 Å². The maximum atomic E-state index is 13.1. The fourth-order valence-electron chi connectivity index (χ4n) is 4.12. The number of carbonyl (C=O) groups is 2. The smallest absolute Gasteiger partial charge is 0.292 e. The van der Waals surface area contributed by atoms with Crippen LogP contribution in [0.15, 0.2) is 58.3 Å². The molecule has 0 atom stereocenters. The predicted molar refractivity (Wildman–Crippen MR) is 136 cm³/mol. The minimum absolute atomic E-state index is 0.163. The van der Waals surface area contributed by atoms with Crippen molar-refractivity contribution in [3.05, 3.63) is 81.1 Å². The number of rotatable bonds is 7. The number of hydrogen-bond donors (Lipinski definition) is 1. The summed E-state index contributed by atoms with van der Waals surface area (Å²) in [6, 6.07) is 14.5. The molecule has 2 aromatic carbocycles. The maximum Gasteiger partial charge on any atom is 0.292 e. The van der Waals surface area contributed by atoms with Crippen LogP contribution in [0.3, 0.4) is 0 Å². The van der Waals surface area contributed by atoms with E-state index >= 15 is 0 Å². The van der Waals surface area contributed by atoms with E-state index in [-0.39, 0.29) is 23.9 Å². The van der Waals surface area contributed by atoms with Crippen LogP contribution in [0.2, 0.25) is 0 Å². The highest BCUT2D eigenvalue weighted by Crippen LogP contribution is 2.26. The Kier molecular flexibility index (Phi) is 6.74. The monoisotopic (exact) mass is 477 g/mol. The third kappa shape index (κ3) is 4.31. The number of benzene rings is 2.